The average Bonchev–Trinajstić information content (AvgIpc) is 3.60. The number of hydrogen-bond acceptors (Lipinski definition) is 5. The minimum atomic E-state index is 0. The first-order chi connectivity index (χ1) is 19.3. The summed E-state index contributed by atoms with van der Waals surface area (Å²) >= 11 is 0. The molecular weight excluding hydrogens is 679 g/mol. The van der Waals surface area contributed by atoms with Crippen LogP contribution in [0, 0.1) is 18.8 Å². The van der Waals surface area contributed by atoms with Crippen LogP contribution in [0.2, 0.25) is 0 Å². The summed E-state index contributed by atoms with van der Waals surface area (Å²) in [5, 5.41) is 6.58. The van der Waals surface area contributed by atoms with Crippen LogP contribution in [0.15, 0.2) is 110 Å². The van der Waals surface area contributed by atoms with Gasteiger partial charge in [0.15, 0.2) is 0 Å². The molecule has 0 unspecified atom stereocenters. The first-order valence-electron chi connectivity index (χ1n) is 12.5. The Morgan fingerprint density at radius 2 is 1.57 bits per heavy atom. The van der Waals surface area contributed by atoms with Crippen LogP contribution < -0.4 is 9.64 Å². The van der Waals surface area contributed by atoms with E-state index < -0.39 is 0 Å². The van der Waals surface area contributed by atoms with Crippen molar-refractivity contribution >= 4 is 33.2 Å². The molecule has 7 aromatic rings. The van der Waals surface area contributed by atoms with E-state index in [9.17, 15) is 0 Å². The van der Waals surface area contributed by atoms with Crippen molar-refractivity contribution in [1.82, 2.24) is 24.3 Å². The predicted octanol–water partition coefficient (Wildman–Crippen LogP) is 6.95. The molecule has 8 heteroatoms. The number of hydrogen-bond donors (Lipinski definition) is 0. The third-order valence-electron chi connectivity index (χ3n) is 6.87. The van der Waals surface area contributed by atoms with Gasteiger partial charge in [-0.25, -0.2) is 4.98 Å². The molecule has 3 aromatic heterocycles. The van der Waals surface area contributed by atoms with Gasteiger partial charge in [-0.05, 0) is 35.2 Å². The zero-order valence-electron chi connectivity index (χ0n) is 20.9. The number of anilines is 2. The molecule has 0 fully saturated rings. The quantitative estimate of drug-likeness (QED) is 0.187. The van der Waals surface area contributed by atoms with E-state index in [0.29, 0.717) is 11.5 Å². The van der Waals surface area contributed by atoms with Gasteiger partial charge in [-0.15, -0.1) is 35.7 Å². The SMILES string of the molecule is [Pt].[c-]1c(Oc2[c-]c3c(cc2)c2ccccc2n3-c2ccccn2)cccc1N1[CH-]n2ncnc2-c2ccccc21. The van der Waals surface area contributed by atoms with Crippen molar-refractivity contribution in [2.45, 2.75) is 0 Å². The second kappa shape index (κ2) is 9.70. The van der Waals surface area contributed by atoms with E-state index in [1.165, 1.54) is 0 Å². The molecular formula is C32H19N6OPt-3. The van der Waals surface area contributed by atoms with Gasteiger partial charge in [-0.2, -0.15) is 17.2 Å². The van der Waals surface area contributed by atoms with Crippen molar-refractivity contribution in [3.63, 3.8) is 0 Å². The third-order valence-corrected chi connectivity index (χ3v) is 6.87. The van der Waals surface area contributed by atoms with Gasteiger partial charge in [0, 0.05) is 55.8 Å². The summed E-state index contributed by atoms with van der Waals surface area (Å²) in [5.41, 5.74) is 4.79. The predicted molar refractivity (Wildman–Crippen MR) is 150 cm³/mol. The topological polar surface area (TPSA) is 61.0 Å². The second-order valence-electron chi connectivity index (χ2n) is 9.16. The first kappa shape index (κ1) is 24.2. The second-order valence-corrected chi connectivity index (χ2v) is 9.16. The molecule has 0 N–H and O–H groups in total. The molecule has 8 rings (SSSR count). The number of para-hydroxylation sites is 2. The summed E-state index contributed by atoms with van der Waals surface area (Å²) in [6.45, 7) is 1.91. The molecule has 0 radical (unpaired) electrons. The van der Waals surface area contributed by atoms with Gasteiger partial charge in [0.1, 0.15) is 12.1 Å². The fourth-order valence-electron chi connectivity index (χ4n) is 5.18. The average molecular weight is 699 g/mol. The molecule has 0 amide bonds. The minimum absolute atomic E-state index is 0. The molecule has 0 saturated heterocycles. The van der Waals surface area contributed by atoms with Crippen molar-refractivity contribution in [3.05, 3.63) is 128 Å². The van der Waals surface area contributed by atoms with Gasteiger partial charge in [0.25, 0.3) is 0 Å². The molecule has 196 valence electrons. The fourth-order valence-corrected chi connectivity index (χ4v) is 5.18. The number of pyridine rings is 1. The van der Waals surface area contributed by atoms with Gasteiger partial charge in [0.05, 0.1) is 0 Å². The van der Waals surface area contributed by atoms with Crippen LogP contribution in [0.5, 0.6) is 11.5 Å². The fraction of sp³-hybridized carbons (Fsp3) is 0. The summed E-state index contributed by atoms with van der Waals surface area (Å²) in [5.74, 6) is 2.81. The van der Waals surface area contributed by atoms with Crippen LogP contribution in [0.25, 0.3) is 39.0 Å². The Labute approximate surface area is 244 Å². The number of fused-ring (bicyclic) bond motifs is 6. The normalized spacial score (nSPS) is 11.9. The Hall–Kier alpha value is -4.87. The molecule has 0 saturated carbocycles. The van der Waals surface area contributed by atoms with Crippen molar-refractivity contribution in [2.24, 2.45) is 0 Å². The van der Waals surface area contributed by atoms with Crippen LogP contribution in [-0.2, 0) is 21.1 Å². The summed E-state index contributed by atoms with van der Waals surface area (Å²) in [6, 6.07) is 39.1. The molecule has 0 atom stereocenters. The van der Waals surface area contributed by atoms with Crippen LogP contribution in [0.1, 0.15) is 0 Å². The Kier molecular flexibility index (Phi) is 5.87. The molecule has 1 aliphatic rings. The van der Waals surface area contributed by atoms with E-state index in [1.54, 1.807) is 17.2 Å². The molecule has 7 nitrogen and oxygen atoms in total. The van der Waals surface area contributed by atoms with E-state index in [2.05, 4.69) is 56.0 Å². The maximum Gasteiger partial charge on any atom is 0.135 e. The van der Waals surface area contributed by atoms with E-state index in [1.807, 2.05) is 84.4 Å². The van der Waals surface area contributed by atoms with Gasteiger partial charge in [-0.1, -0.05) is 60.3 Å². The Bertz CT molecular complexity index is 2000. The third kappa shape index (κ3) is 3.86. The summed E-state index contributed by atoms with van der Waals surface area (Å²) in [7, 11) is 0. The van der Waals surface area contributed by atoms with Crippen molar-refractivity contribution in [3.8, 4) is 28.7 Å². The Morgan fingerprint density at radius 3 is 2.50 bits per heavy atom. The monoisotopic (exact) mass is 698 g/mol. The van der Waals surface area contributed by atoms with Crippen LogP contribution in [0.4, 0.5) is 11.4 Å². The molecule has 40 heavy (non-hydrogen) atoms. The number of aromatic nitrogens is 5. The zero-order valence-corrected chi connectivity index (χ0v) is 23.1. The van der Waals surface area contributed by atoms with Gasteiger partial charge in [-0.3, -0.25) is 0 Å². The summed E-state index contributed by atoms with van der Waals surface area (Å²) in [4.78, 5) is 11.1. The zero-order chi connectivity index (χ0) is 25.8. The van der Waals surface area contributed by atoms with E-state index in [-0.39, 0.29) is 21.1 Å². The summed E-state index contributed by atoms with van der Waals surface area (Å²) < 4.78 is 10.2. The molecule has 4 heterocycles. The van der Waals surface area contributed by atoms with Crippen molar-refractivity contribution < 1.29 is 25.8 Å². The van der Waals surface area contributed by atoms with Crippen LogP contribution >= 0.6 is 0 Å². The van der Waals surface area contributed by atoms with E-state index in [4.69, 9.17) is 4.74 Å². The van der Waals surface area contributed by atoms with Crippen LogP contribution in [0.3, 0.4) is 0 Å². The maximum atomic E-state index is 6.33. The number of benzene rings is 4. The Balaban J connectivity index is 0.00000264. The van der Waals surface area contributed by atoms with Crippen LogP contribution in [-0.4, -0.2) is 24.3 Å². The first-order valence-corrected chi connectivity index (χ1v) is 12.5. The van der Waals surface area contributed by atoms with Crippen molar-refractivity contribution in [1.29, 1.82) is 0 Å². The smallest absolute Gasteiger partial charge is 0.135 e. The van der Waals surface area contributed by atoms with E-state index >= 15 is 0 Å². The molecule has 0 aliphatic carbocycles. The van der Waals surface area contributed by atoms with Gasteiger partial charge >= 0.3 is 0 Å². The minimum Gasteiger partial charge on any atom is -0.509 e. The number of rotatable bonds is 4. The molecule has 4 aromatic carbocycles. The maximum absolute atomic E-state index is 6.33. The number of ether oxygens (including phenoxy) is 1. The van der Waals surface area contributed by atoms with Gasteiger partial charge in [0.2, 0.25) is 0 Å². The molecule has 0 spiro atoms. The largest absolute Gasteiger partial charge is 0.509 e. The van der Waals surface area contributed by atoms with Crippen molar-refractivity contribution in [2.75, 3.05) is 4.90 Å². The Morgan fingerprint density at radius 1 is 0.725 bits per heavy atom. The molecule has 0 bridgehead atoms. The van der Waals surface area contributed by atoms with Gasteiger partial charge < -0.3 is 23.9 Å². The molecule has 1 aliphatic heterocycles. The standard InChI is InChI=1S/C32H19N6O.Pt/c1-4-13-29-25(10-1)26-16-15-24(19-30(26)38(29)31-14-5-6-17-33-31)39-23-9-7-8-22(18-23)36-21-37-32(34-20-35-37)27-11-2-3-12-28(27)36;/h1-17,20-21H;/q-3;. The summed E-state index contributed by atoms with van der Waals surface area (Å²) in [6.07, 6.45) is 3.36. The number of nitrogens with zero attached hydrogens (tertiary/aromatic N) is 6. The van der Waals surface area contributed by atoms with E-state index in [0.717, 1.165) is 50.4 Å².